The van der Waals surface area contributed by atoms with Gasteiger partial charge >= 0.3 is 0 Å². The molecule has 0 aliphatic carbocycles. The van der Waals surface area contributed by atoms with Crippen LogP contribution in [-0.4, -0.2) is 81.3 Å². The first-order valence-electron chi connectivity index (χ1n) is 7.95. The molecule has 0 spiro atoms. The fourth-order valence-electron chi connectivity index (χ4n) is 3.12. The van der Waals surface area contributed by atoms with Crippen molar-refractivity contribution in [1.29, 1.82) is 0 Å². The summed E-state index contributed by atoms with van der Waals surface area (Å²) in [5.41, 5.74) is 0. The van der Waals surface area contributed by atoms with Crippen molar-refractivity contribution in [1.82, 2.24) is 14.5 Å². The third-order valence-corrected chi connectivity index (χ3v) is 5.50. The number of rotatable bonds is 5. The van der Waals surface area contributed by atoms with E-state index in [1.807, 2.05) is 6.92 Å². The minimum Gasteiger partial charge on any atom is -0.379 e. The molecule has 7 nitrogen and oxygen atoms in total. The van der Waals surface area contributed by atoms with Crippen molar-refractivity contribution in [2.75, 3.05) is 45.6 Å². The maximum Gasteiger partial charge on any atom is 0.238 e. The quantitative estimate of drug-likeness (QED) is 0.743. The van der Waals surface area contributed by atoms with Crippen molar-refractivity contribution in [3.63, 3.8) is 0 Å². The molecule has 2 fully saturated rings. The Labute approximate surface area is 133 Å². The van der Waals surface area contributed by atoms with Crippen LogP contribution in [0.5, 0.6) is 0 Å². The van der Waals surface area contributed by atoms with Crippen molar-refractivity contribution < 1.29 is 17.9 Å². The summed E-state index contributed by atoms with van der Waals surface area (Å²) in [5.74, 6) is -0.175. The third kappa shape index (κ3) is 4.91. The summed E-state index contributed by atoms with van der Waals surface area (Å²) in [7, 11) is -3.34. The van der Waals surface area contributed by atoms with E-state index in [0.717, 1.165) is 45.7 Å². The lowest BCUT2D eigenvalue weighted by Gasteiger charge is -2.34. The molecule has 2 saturated heterocycles. The Balaban J connectivity index is 1.89. The molecule has 128 valence electrons. The third-order valence-electron chi connectivity index (χ3n) is 4.21. The fraction of sp³-hybridized carbons (Fsp3) is 0.929. The molecule has 1 amide bonds. The van der Waals surface area contributed by atoms with Crippen molar-refractivity contribution in [2.45, 2.75) is 38.3 Å². The number of nitrogens with one attached hydrogen (secondary N) is 1. The maximum atomic E-state index is 12.4. The lowest BCUT2D eigenvalue weighted by Crippen LogP contribution is -2.54. The highest BCUT2D eigenvalue weighted by molar-refractivity contribution is 7.88. The molecule has 2 rings (SSSR count). The monoisotopic (exact) mass is 333 g/mol. The summed E-state index contributed by atoms with van der Waals surface area (Å²) in [6, 6.07) is -0.565. The van der Waals surface area contributed by atoms with E-state index in [2.05, 4.69) is 10.2 Å². The number of carbonyl (C=O) groups excluding carboxylic acids is 1. The van der Waals surface area contributed by atoms with Gasteiger partial charge < -0.3 is 10.1 Å². The SMILES string of the molecule is CC(CN1CCOCC1)NC(=O)C1CCCCN1S(C)(=O)=O. The van der Waals surface area contributed by atoms with Gasteiger partial charge in [-0.15, -0.1) is 0 Å². The zero-order valence-corrected chi connectivity index (χ0v) is 14.3. The summed E-state index contributed by atoms with van der Waals surface area (Å²) >= 11 is 0. The standard InChI is InChI=1S/C14H27N3O4S/c1-12(11-16-7-9-21-10-8-16)15-14(18)13-5-3-4-6-17(13)22(2,19)20/h12-13H,3-11H2,1-2H3,(H,15,18). The van der Waals surface area contributed by atoms with Crippen molar-refractivity contribution in [2.24, 2.45) is 0 Å². The Bertz CT molecular complexity index is 476. The number of sulfonamides is 1. The Hall–Kier alpha value is -0.700. The molecular weight excluding hydrogens is 306 g/mol. The van der Waals surface area contributed by atoms with Crippen LogP contribution < -0.4 is 5.32 Å². The van der Waals surface area contributed by atoms with Crippen LogP contribution in [0.4, 0.5) is 0 Å². The van der Waals surface area contributed by atoms with Gasteiger partial charge in [0.15, 0.2) is 0 Å². The minimum absolute atomic E-state index is 0.00561. The predicted octanol–water partition coefficient (Wildman–Crippen LogP) is -0.363. The van der Waals surface area contributed by atoms with E-state index in [1.54, 1.807) is 0 Å². The topological polar surface area (TPSA) is 79.0 Å². The lowest BCUT2D eigenvalue weighted by atomic mass is 10.0. The Kier molecular flexibility index (Phi) is 6.19. The van der Waals surface area contributed by atoms with Gasteiger partial charge in [0.25, 0.3) is 0 Å². The van der Waals surface area contributed by atoms with Crippen LogP contribution in [0.3, 0.4) is 0 Å². The minimum atomic E-state index is -3.34. The highest BCUT2D eigenvalue weighted by Crippen LogP contribution is 2.20. The van der Waals surface area contributed by atoms with Crippen LogP contribution in [0.25, 0.3) is 0 Å². The number of hydrogen-bond acceptors (Lipinski definition) is 5. The molecule has 2 aliphatic rings. The van der Waals surface area contributed by atoms with E-state index < -0.39 is 16.1 Å². The van der Waals surface area contributed by atoms with E-state index in [4.69, 9.17) is 4.74 Å². The number of hydrogen-bond donors (Lipinski definition) is 1. The predicted molar refractivity (Wildman–Crippen MR) is 84.1 cm³/mol. The molecule has 0 aromatic heterocycles. The molecule has 2 heterocycles. The van der Waals surface area contributed by atoms with Gasteiger partial charge in [0, 0.05) is 32.2 Å². The molecule has 0 aromatic carbocycles. The molecule has 0 saturated carbocycles. The summed E-state index contributed by atoms with van der Waals surface area (Å²) in [5, 5.41) is 2.97. The van der Waals surface area contributed by atoms with Crippen LogP contribution >= 0.6 is 0 Å². The average molecular weight is 333 g/mol. The second-order valence-electron chi connectivity index (χ2n) is 6.21. The first-order chi connectivity index (χ1) is 10.4. The van der Waals surface area contributed by atoms with Crippen LogP contribution in [0.1, 0.15) is 26.2 Å². The zero-order chi connectivity index (χ0) is 16.2. The van der Waals surface area contributed by atoms with Crippen molar-refractivity contribution in [3.8, 4) is 0 Å². The second-order valence-corrected chi connectivity index (χ2v) is 8.14. The Morgan fingerprint density at radius 1 is 1.27 bits per heavy atom. The van der Waals surface area contributed by atoms with Crippen LogP contribution in [0, 0.1) is 0 Å². The zero-order valence-electron chi connectivity index (χ0n) is 13.5. The van der Waals surface area contributed by atoms with E-state index >= 15 is 0 Å². The largest absolute Gasteiger partial charge is 0.379 e. The molecule has 2 aliphatic heterocycles. The van der Waals surface area contributed by atoms with Crippen LogP contribution in [-0.2, 0) is 19.6 Å². The first-order valence-corrected chi connectivity index (χ1v) is 9.80. The number of carbonyl (C=O) groups is 1. The van der Waals surface area contributed by atoms with Crippen molar-refractivity contribution in [3.05, 3.63) is 0 Å². The van der Waals surface area contributed by atoms with Gasteiger partial charge in [-0.1, -0.05) is 6.42 Å². The van der Waals surface area contributed by atoms with E-state index in [-0.39, 0.29) is 11.9 Å². The molecule has 1 N–H and O–H groups in total. The molecular formula is C14H27N3O4S. The summed E-state index contributed by atoms with van der Waals surface area (Å²) in [4.78, 5) is 14.7. The molecule has 22 heavy (non-hydrogen) atoms. The van der Waals surface area contributed by atoms with E-state index in [9.17, 15) is 13.2 Å². The first kappa shape index (κ1) is 17.7. The van der Waals surface area contributed by atoms with Gasteiger partial charge in [0.1, 0.15) is 6.04 Å². The maximum absolute atomic E-state index is 12.4. The molecule has 0 radical (unpaired) electrons. The van der Waals surface area contributed by atoms with Crippen LogP contribution in [0.15, 0.2) is 0 Å². The number of nitrogens with zero attached hydrogens (tertiary/aromatic N) is 2. The smallest absolute Gasteiger partial charge is 0.238 e. The summed E-state index contributed by atoms with van der Waals surface area (Å²) in [6.07, 6.45) is 3.49. The van der Waals surface area contributed by atoms with Gasteiger partial charge in [0.2, 0.25) is 15.9 Å². The Morgan fingerprint density at radius 3 is 2.59 bits per heavy atom. The number of amides is 1. The van der Waals surface area contributed by atoms with Gasteiger partial charge in [-0.3, -0.25) is 9.69 Å². The fourth-order valence-corrected chi connectivity index (χ4v) is 4.24. The average Bonchev–Trinajstić information content (AvgIpc) is 2.47. The van der Waals surface area contributed by atoms with Gasteiger partial charge in [-0.05, 0) is 19.8 Å². The summed E-state index contributed by atoms with van der Waals surface area (Å²) < 4.78 is 30.3. The molecule has 2 atom stereocenters. The van der Waals surface area contributed by atoms with Gasteiger partial charge in [0.05, 0.1) is 19.5 Å². The summed E-state index contributed by atoms with van der Waals surface area (Å²) in [6.45, 7) is 6.37. The van der Waals surface area contributed by atoms with Gasteiger partial charge in [-0.25, -0.2) is 8.42 Å². The number of morpholine rings is 1. The molecule has 0 bridgehead atoms. The van der Waals surface area contributed by atoms with Gasteiger partial charge in [-0.2, -0.15) is 4.31 Å². The normalized spacial score (nSPS) is 26.5. The molecule has 8 heteroatoms. The van der Waals surface area contributed by atoms with E-state index in [1.165, 1.54) is 10.6 Å². The highest BCUT2D eigenvalue weighted by atomic mass is 32.2. The molecule has 2 unspecified atom stereocenters. The number of ether oxygens (including phenoxy) is 1. The lowest BCUT2D eigenvalue weighted by molar-refractivity contribution is -0.126. The Morgan fingerprint density at radius 2 is 1.95 bits per heavy atom. The highest BCUT2D eigenvalue weighted by Gasteiger charge is 2.34. The molecule has 0 aromatic rings. The van der Waals surface area contributed by atoms with Crippen LogP contribution in [0.2, 0.25) is 0 Å². The van der Waals surface area contributed by atoms with E-state index in [0.29, 0.717) is 13.0 Å². The second kappa shape index (κ2) is 7.72. The van der Waals surface area contributed by atoms with Crippen molar-refractivity contribution >= 4 is 15.9 Å². The number of piperidine rings is 1.